The third kappa shape index (κ3) is 2.47. The van der Waals surface area contributed by atoms with Crippen molar-refractivity contribution in [3.05, 3.63) is 55.9 Å². The molecule has 0 N–H and O–H groups in total. The zero-order chi connectivity index (χ0) is 13.3. The Morgan fingerprint density at radius 3 is 2.72 bits per heavy atom. The lowest BCUT2D eigenvalue weighted by atomic mass is 10.2. The maximum Gasteiger partial charge on any atom is 0.343 e. The van der Waals surface area contributed by atoms with Crippen molar-refractivity contribution in [1.29, 1.82) is 0 Å². The van der Waals surface area contributed by atoms with Crippen LogP contribution in [0.25, 0.3) is 0 Å². The summed E-state index contributed by atoms with van der Waals surface area (Å²) in [7, 11) is 0. The number of hydrogen-bond acceptors (Lipinski definition) is 3. The molecule has 1 aromatic heterocycles. The molecule has 0 spiro atoms. The second-order valence-corrected chi connectivity index (χ2v) is 4.57. The van der Waals surface area contributed by atoms with E-state index in [0.29, 0.717) is 22.4 Å². The van der Waals surface area contributed by atoms with Gasteiger partial charge < -0.3 is 10.1 Å². The summed E-state index contributed by atoms with van der Waals surface area (Å²) >= 11 is 11.7. The Morgan fingerprint density at radius 1 is 1.39 bits per heavy atom. The van der Waals surface area contributed by atoms with E-state index in [1.807, 2.05) is 0 Å². The van der Waals surface area contributed by atoms with Gasteiger partial charge in [-0.15, -0.1) is 0 Å². The van der Waals surface area contributed by atoms with Gasteiger partial charge in [-0.25, -0.2) is 9.55 Å². The first kappa shape index (κ1) is 12.9. The lowest BCUT2D eigenvalue weighted by Gasteiger charge is -2.04. The van der Waals surface area contributed by atoms with Gasteiger partial charge in [0.1, 0.15) is 12.7 Å². The molecule has 5 nitrogen and oxygen atoms in total. The number of benzene rings is 1. The first-order valence-electron chi connectivity index (χ1n) is 5.09. The highest BCUT2D eigenvalue weighted by atomic mass is 35.5. The summed E-state index contributed by atoms with van der Waals surface area (Å²) < 4.78 is 1.51. The Hall–Kier alpha value is -1.59. The predicted molar refractivity (Wildman–Crippen MR) is 69.2 cm³/mol. The molecule has 0 atom stereocenters. The molecule has 0 unspecified atom stereocenters. The molecule has 0 aliphatic heterocycles. The summed E-state index contributed by atoms with van der Waals surface area (Å²) in [5.74, 6) is 0.534. The van der Waals surface area contributed by atoms with Crippen LogP contribution < -0.4 is 0 Å². The van der Waals surface area contributed by atoms with Crippen molar-refractivity contribution >= 4 is 29.0 Å². The van der Waals surface area contributed by atoms with Crippen LogP contribution in [0.4, 0.5) is 5.82 Å². The largest absolute Gasteiger partial charge is 0.358 e. The van der Waals surface area contributed by atoms with Gasteiger partial charge in [-0.2, -0.15) is 0 Å². The average molecular weight is 286 g/mol. The van der Waals surface area contributed by atoms with Crippen LogP contribution in [0.15, 0.2) is 24.4 Å². The lowest BCUT2D eigenvalue weighted by Crippen LogP contribution is -2.06. The van der Waals surface area contributed by atoms with Crippen LogP contribution in [0.2, 0.25) is 10.0 Å². The number of nitrogens with zero attached hydrogens (tertiary/aromatic N) is 3. The van der Waals surface area contributed by atoms with E-state index in [1.54, 1.807) is 25.1 Å². The van der Waals surface area contributed by atoms with Crippen LogP contribution >= 0.6 is 23.2 Å². The lowest BCUT2D eigenvalue weighted by molar-refractivity contribution is -0.392. The Morgan fingerprint density at radius 2 is 2.11 bits per heavy atom. The number of halogens is 2. The maximum absolute atomic E-state index is 10.8. The van der Waals surface area contributed by atoms with E-state index >= 15 is 0 Å². The molecule has 0 saturated carbocycles. The number of aromatic nitrogens is 2. The number of rotatable bonds is 3. The van der Waals surface area contributed by atoms with Gasteiger partial charge in [0.15, 0.2) is 5.82 Å². The van der Waals surface area contributed by atoms with Crippen molar-refractivity contribution < 1.29 is 4.92 Å². The third-order valence-electron chi connectivity index (χ3n) is 2.55. The Bertz CT molecular complexity index is 610. The van der Waals surface area contributed by atoms with Gasteiger partial charge in [0.25, 0.3) is 0 Å². The van der Waals surface area contributed by atoms with Gasteiger partial charge in [-0.1, -0.05) is 29.3 Å². The molecule has 0 aliphatic carbocycles. The molecule has 0 radical (unpaired) electrons. The zero-order valence-corrected chi connectivity index (χ0v) is 10.9. The monoisotopic (exact) mass is 285 g/mol. The van der Waals surface area contributed by atoms with Gasteiger partial charge >= 0.3 is 5.82 Å². The van der Waals surface area contributed by atoms with Crippen molar-refractivity contribution in [3.8, 4) is 0 Å². The van der Waals surface area contributed by atoms with Crippen LogP contribution in [0.5, 0.6) is 0 Å². The van der Waals surface area contributed by atoms with E-state index in [0.717, 1.165) is 5.56 Å². The fraction of sp³-hybridized carbons (Fsp3) is 0.182. The van der Waals surface area contributed by atoms with Crippen LogP contribution in [-0.2, 0) is 6.54 Å². The molecular formula is C11H9Cl2N3O2. The van der Waals surface area contributed by atoms with Crippen LogP contribution in [0, 0.1) is 17.0 Å². The second-order valence-electron chi connectivity index (χ2n) is 3.76. The molecule has 2 aromatic rings. The average Bonchev–Trinajstić information content (AvgIpc) is 2.66. The normalized spacial score (nSPS) is 10.6. The molecule has 18 heavy (non-hydrogen) atoms. The van der Waals surface area contributed by atoms with E-state index in [1.165, 1.54) is 10.8 Å². The molecule has 0 bridgehead atoms. The predicted octanol–water partition coefficient (Wildman–Crippen LogP) is 3.45. The summed E-state index contributed by atoms with van der Waals surface area (Å²) in [5.41, 5.74) is 0.827. The maximum atomic E-state index is 10.8. The van der Waals surface area contributed by atoms with Crippen molar-refractivity contribution in [2.24, 2.45) is 0 Å². The van der Waals surface area contributed by atoms with Crippen LogP contribution in [0.1, 0.15) is 11.4 Å². The van der Waals surface area contributed by atoms with Crippen LogP contribution in [0.3, 0.4) is 0 Å². The topological polar surface area (TPSA) is 61.0 Å². The molecule has 94 valence electrons. The van der Waals surface area contributed by atoms with Gasteiger partial charge in [-0.05, 0) is 22.6 Å². The van der Waals surface area contributed by atoms with Crippen molar-refractivity contribution in [1.82, 2.24) is 9.55 Å². The SMILES string of the molecule is Cc1ncc([N+](=O)[O-])n1Cc1ccc(Cl)c(Cl)c1. The molecule has 0 saturated heterocycles. The first-order valence-corrected chi connectivity index (χ1v) is 5.85. The number of nitro groups is 1. The number of imidazole rings is 1. The summed E-state index contributed by atoms with van der Waals surface area (Å²) in [6.45, 7) is 2.05. The Balaban J connectivity index is 2.36. The molecule has 0 aliphatic rings. The van der Waals surface area contributed by atoms with E-state index in [4.69, 9.17) is 23.2 Å². The zero-order valence-electron chi connectivity index (χ0n) is 9.43. The van der Waals surface area contributed by atoms with Gasteiger partial charge in [0, 0.05) is 6.92 Å². The fourth-order valence-electron chi connectivity index (χ4n) is 1.62. The Kier molecular flexibility index (Phi) is 3.54. The number of aryl methyl sites for hydroxylation is 1. The van der Waals surface area contributed by atoms with E-state index < -0.39 is 4.92 Å². The van der Waals surface area contributed by atoms with Crippen molar-refractivity contribution in [2.75, 3.05) is 0 Å². The van der Waals surface area contributed by atoms with Crippen molar-refractivity contribution in [3.63, 3.8) is 0 Å². The quantitative estimate of drug-likeness (QED) is 0.641. The molecule has 7 heteroatoms. The van der Waals surface area contributed by atoms with Crippen LogP contribution in [-0.4, -0.2) is 14.5 Å². The first-order chi connectivity index (χ1) is 8.49. The molecule has 1 heterocycles. The molecular weight excluding hydrogens is 277 g/mol. The fourth-order valence-corrected chi connectivity index (χ4v) is 1.94. The third-order valence-corrected chi connectivity index (χ3v) is 3.28. The highest BCUT2D eigenvalue weighted by Gasteiger charge is 2.17. The van der Waals surface area contributed by atoms with Gasteiger partial charge in [-0.3, -0.25) is 0 Å². The standard InChI is InChI=1S/C11H9Cl2N3O2/c1-7-14-5-11(16(17)18)15(7)6-8-2-3-9(12)10(13)4-8/h2-5H,6H2,1H3. The Labute approximate surface area is 113 Å². The molecule has 0 amide bonds. The minimum atomic E-state index is -0.461. The van der Waals surface area contributed by atoms with E-state index in [-0.39, 0.29) is 5.82 Å². The molecule has 2 rings (SSSR count). The molecule has 1 aromatic carbocycles. The van der Waals surface area contributed by atoms with Gasteiger partial charge in [0.05, 0.1) is 10.0 Å². The minimum absolute atomic E-state index is 0.0430. The minimum Gasteiger partial charge on any atom is -0.358 e. The highest BCUT2D eigenvalue weighted by molar-refractivity contribution is 6.42. The summed E-state index contributed by atoms with van der Waals surface area (Å²) in [5, 5.41) is 11.7. The summed E-state index contributed by atoms with van der Waals surface area (Å²) in [6.07, 6.45) is 1.24. The van der Waals surface area contributed by atoms with Crippen molar-refractivity contribution in [2.45, 2.75) is 13.5 Å². The molecule has 0 fully saturated rings. The smallest absolute Gasteiger partial charge is 0.343 e. The van der Waals surface area contributed by atoms with E-state index in [2.05, 4.69) is 4.98 Å². The summed E-state index contributed by atoms with van der Waals surface area (Å²) in [4.78, 5) is 14.3. The summed E-state index contributed by atoms with van der Waals surface area (Å²) in [6, 6.07) is 5.13. The second kappa shape index (κ2) is 4.96. The number of hydrogen-bond donors (Lipinski definition) is 0. The van der Waals surface area contributed by atoms with Gasteiger partial charge in [0.2, 0.25) is 0 Å². The highest BCUT2D eigenvalue weighted by Crippen LogP contribution is 2.24. The van der Waals surface area contributed by atoms with E-state index in [9.17, 15) is 10.1 Å².